The van der Waals surface area contributed by atoms with Crippen LogP contribution < -0.4 is 5.32 Å². The molecule has 1 aliphatic rings. The van der Waals surface area contributed by atoms with Gasteiger partial charge >= 0.3 is 0 Å². The van der Waals surface area contributed by atoms with E-state index in [9.17, 15) is 4.79 Å². The predicted molar refractivity (Wildman–Crippen MR) is 112 cm³/mol. The van der Waals surface area contributed by atoms with Gasteiger partial charge in [-0.3, -0.25) is 4.79 Å². The minimum absolute atomic E-state index is 0.155. The van der Waals surface area contributed by atoms with Crippen molar-refractivity contribution in [3.05, 3.63) is 35.5 Å². The van der Waals surface area contributed by atoms with Gasteiger partial charge in [0.2, 0.25) is 0 Å². The minimum atomic E-state index is -0.155. The monoisotopic (exact) mass is 402 g/mol. The number of nitrogens with one attached hydrogen (secondary N) is 1. The topological polar surface area (TPSA) is 79.4 Å². The SMILES string of the molecule is Cc1ccc(C(C)CCN2CCC(n3cc(C(=O)NCCN(C)C)nn3)CC2)o1. The first-order valence-electron chi connectivity index (χ1n) is 10.6. The van der Waals surface area contributed by atoms with Crippen molar-refractivity contribution in [2.75, 3.05) is 46.8 Å². The molecule has 3 heterocycles. The molecule has 0 spiro atoms. The Morgan fingerprint density at radius 1 is 1.34 bits per heavy atom. The Bertz CT molecular complexity index is 776. The fourth-order valence-corrected chi connectivity index (χ4v) is 3.69. The third kappa shape index (κ3) is 6.14. The Labute approximate surface area is 173 Å². The maximum Gasteiger partial charge on any atom is 0.273 e. The predicted octanol–water partition coefficient (Wildman–Crippen LogP) is 2.30. The lowest BCUT2D eigenvalue weighted by atomic mass is 10.0. The third-order valence-electron chi connectivity index (χ3n) is 5.64. The number of carbonyl (C=O) groups excluding carboxylic acids is 1. The summed E-state index contributed by atoms with van der Waals surface area (Å²) in [4.78, 5) is 16.7. The second-order valence-corrected chi connectivity index (χ2v) is 8.35. The first-order valence-corrected chi connectivity index (χ1v) is 10.6. The lowest BCUT2D eigenvalue weighted by molar-refractivity contribution is 0.0946. The number of hydrogen-bond acceptors (Lipinski definition) is 6. The molecule has 8 heteroatoms. The lowest BCUT2D eigenvalue weighted by Crippen LogP contribution is -2.35. The van der Waals surface area contributed by atoms with Crippen molar-refractivity contribution in [2.24, 2.45) is 0 Å². The number of rotatable bonds is 9. The van der Waals surface area contributed by atoms with Gasteiger partial charge in [0.25, 0.3) is 5.91 Å². The van der Waals surface area contributed by atoms with E-state index in [1.165, 1.54) is 0 Å². The van der Waals surface area contributed by atoms with E-state index < -0.39 is 0 Å². The Balaban J connectivity index is 1.41. The van der Waals surface area contributed by atoms with Crippen LogP contribution >= 0.6 is 0 Å². The maximum atomic E-state index is 12.2. The van der Waals surface area contributed by atoms with Gasteiger partial charge in [-0.2, -0.15) is 0 Å². The summed E-state index contributed by atoms with van der Waals surface area (Å²) in [5.41, 5.74) is 0.397. The van der Waals surface area contributed by atoms with E-state index in [4.69, 9.17) is 4.42 Å². The van der Waals surface area contributed by atoms with Crippen molar-refractivity contribution < 1.29 is 9.21 Å². The van der Waals surface area contributed by atoms with E-state index >= 15 is 0 Å². The average molecular weight is 403 g/mol. The molecule has 1 atom stereocenters. The first-order chi connectivity index (χ1) is 13.9. The van der Waals surface area contributed by atoms with Crippen LogP contribution in [0.4, 0.5) is 0 Å². The van der Waals surface area contributed by atoms with Gasteiger partial charge in [-0.05, 0) is 59.0 Å². The molecule has 1 fully saturated rings. The van der Waals surface area contributed by atoms with Gasteiger partial charge in [-0.25, -0.2) is 4.68 Å². The van der Waals surface area contributed by atoms with Gasteiger partial charge in [-0.15, -0.1) is 5.10 Å². The number of amides is 1. The molecule has 1 saturated heterocycles. The molecule has 1 N–H and O–H groups in total. The normalized spacial score (nSPS) is 17.0. The molecule has 1 unspecified atom stereocenters. The number of aryl methyl sites for hydroxylation is 1. The summed E-state index contributed by atoms with van der Waals surface area (Å²) in [6.07, 6.45) is 4.93. The van der Waals surface area contributed by atoms with E-state index in [-0.39, 0.29) is 5.91 Å². The smallest absolute Gasteiger partial charge is 0.273 e. The molecule has 0 bridgehead atoms. The quantitative estimate of drug-likeness (QED) is 0.693. The van der Waals surface area contributed by atoms with Crippen LogP contribution in [0.15, 0.2) is 22.7 Å². The molecule has 29 heavy (non-hydrogen) atoms. The van der Waals surface area contributed by atoms with Crippen molar-refractivity contribution in [1.82, 2.24) is 30.1 Å². The number of likely N-dealkylation sites (N-methyl/N-ethyl adjacent to an activating group) is 1. The molecule has 0 saturated carbocycles. The van der Waals surface area contributed by atoms with Crippen molar-refractivity contribution in [3.63, 3.8) is 0 Å². The van der Waals surface area contributed by atoms with E-state index in [1.807, 2.05) is 36.7 Å². The molecule has 1 amide bonds. The molecule has 8 nitrogen and oxygen atoms in total. The molecule has 2 aromatic heterocycles. The van der Waals surface area contributed by atoms with Gasteiger partial charge in [0.15, 0.2) is 5.69 Å². The van der Waals surface area contributed by atoms with Crippen LogP contribution in [0.2, 0.25) is 0 Å². The van der Waals surface area contributed by atoms with Gasteiger partial charge in [0.05, 0.1) is 12.2 Å². The van der Waals surface area contributed by atoms with Gasteiger partial charge in [-0.1, -0.05) is 12.1 Å². The highest BCUT2D eigenvalue weighted by Crippen LogP contribution is 2.25. The average Bonchev–Trinajstić information content (AvgIpc) is 3.35. The fourth-order valence-electron chi connectivity index (χ4n) is 3.69. The van der Waals surface area contributed by atoms with Gasteiger partial charge in [0, 0.05) is 32.1 Å². The summed E-state index contributed by atoms with van der Waals surface area (Å²) in [6, 6.07) is 4.43. The van der Waals surface area contributed by atoms with E-state index in [0.717, 1.165) is 57.0 Å². The van der Waals surface area contributed by atoms with Crippen molar-refractivity contribution in [2.45, 2.75) is 45.1 Å². The van der Waals surface area contributed by atoms with Crippen LogP contribution in [0.3, 0.4) is 0 Å². The summed E-state index contributed by atoms with van der Waals surface area (Å²) in [5.74, 6) is 2.34. The van der Waals surface area contributed by atoms with Crippen LogP contribution in [0.5, 0.6) is 0 Å². The molecule has 0 radical (unpaired) electrons. The summed E-state index contributed by atoms with van der Waals surface area (Å²) in [7, 11) is 3.96. The first kappa shape index (κ1) is 21.5. The van der Waals surface area contributed by atoms with Crippen LogP contribution in [-0.4, -0.2) is 77.5 Å². The van der Waals surface area contributed by atoms with E-state index in [1.54, 1.807) is 6.20 Å². The Hall–Kier alpha value is -2.19. The molecular weight excluding hydrogens is 368 g/mol. The second kappa shape index (κ2) is 10.0. The Kier molecular flexibility index (Phi) is 7.44. The summed E-state index contributed by atoms with van der Waals surface area (Å²) in [5, 5.41) is 11.2. The van der Waals surface area contributed by atoms with Gasteiger partial charge < -0.3 is 19.5 Å². The number of piperidine rings is 1. The number of furan rings is 1. The van der Waals surface area contributed by atoms with Crippen molar-refractivity contribution in [3.8, 4) is 0 Å². The Morgan fingerprint density at radius 2 is 2.10 bits per heavy atom. The standard InChI is InChI=1S/C21H34N6O2/c1-16(20-6-5-17(2)29-20)7-11-26-12-8-18(9-13-26)27-15-19(23-24-27)21(28)22-10-14-25(3)4/h5-6,15-16,18H,7-14H2,1-4H3,(H,22,28). The molecular formula is C21H34N6O2. The third-order valence-corrected chi connectivity index (χ3v) is 5.64. The fraction of sp³-hybridized carbons (Fsp3) is 0.667. The zero-order chi connectivity index (χ0) is 20.8. The molecule has 0 aromatic carbocycles. The van der Waals surface area contributed by atoms with E-state index in [2.05, 4.69) is 33.5 Å². The maximum absolute atomic E-state index is 12.2. The largest absolute Gasteiger partial charge is 0.466 e. The van der Waals surface area contributed by atoms with Crippen molar-refractivity contribution >= 4 is 5.91 Å². The number of aromatic nitrogens is 3. The van der Waals surface area contributed by atoms with Crippen LogP contribution in [0, 0.1) is 6.92 Å². The molecule has 160 valence electrons. The van der Waals surface area contributed by atoms with Crippen LogP contribution in [0.25, 0.3) is 0 Å². The highest BCUT2D eigenvalue weighted by atomic mass is 16.3. The minimum Gasteiger partial charge on any atom is -0.466 e. The summed E-state index contributed by atoms with van der Waals surface area (Å²) in [6.45, 7) is 8.78. The van der Waals surface area contributed by atoms with Crippen LogP contribution in [-0.2, 0) is 0 Å². The van der Waals surface area contributed by atoms with E-state index in [0.29, 0.717) is 24.2 Å². The summed E-state index contributed by atoms with van der Waals surface area (Å²) >= 11 is 0. The second-order valence-electron chi connectivity index (χ2n) is 8.35. The molecule has 3 rings (SSSR count). The number of hydrogen-bond donors (Lipinski definition) is 1. The number of likely N-dealkylation sites (tertiary alicyclic amines) is 1. The molecule has 0 aliphatic carbocycles. The molecule has 2 aromatic rings. The van der Waals surface area contributed by atoms with Crippen LogP contribution in [0.1, 0.15) is 60.2 Å². The Morgan fingerprint density at radius 3 is 2.76 bits per heavy atom. The summed E-state index contributed by atoms with van der Waals surface area (Å²) < 4.78 is 7.61. The molecule has 1 aliphatic heterocycles. The van der Waals surface area contributed by atoms with Crippen molar-refractivity contribution in [1.29, 1.82) is 0 Å². The van der Waals surface area contributed by atoms with Gasteiger partial charge in [0.1, 0.15) is 11.5 Å². The highest BCUT2D eigenvalue weighted by molar-refractivity contribution is 5.91. The zero-order valence-electron chi connectivity index (χ0n) is 18.1. The zero-order valence-corrected chi connectivity index (χ0v) is 18.1. The highest BCUT2D eigenvalue weighted by Gasteiger charge is 2.23. The number of nitrogens with zero attached hydrogens (tertiary/aromatic N) is 5. The lowest BCUT2D eigenvalue weighted by Gasteiger charge is -2.32. The number of carbonyl (C=O) groups is 1.